The van der Waals surface area contributed by atoms with Gasteiger partial charge in [-0.2, -0.15) is 0 Å². The minimum atomic E-state index is -1.79. The molecule has 0 saturated carbocycles. The van der Waals surface area contributed by atoms with Gasteiger partial charge in [0.25, 0.3) is 0 Å². The van der Waals surface area contributed by atoms with E-state index in [9.17, 15) is 45.6 Å². The standard InChI is InChI=1S/C58H107NO13/c1-3-5-7-9-11-13-15-17-19-20-21-22-23-24-25-26-27-28-29-31-33-35-37-39-41-47(62)46(59-50(63)42-40-38-36-34-32-30-18-16-14-12-10-8-6-4-2)45-69-57-55(68)53(66)56(49(44-61)71-57)72-58-54(67)52(65)51(64)48(43-60)70-58/h10,12,16,18,39,41,46-49,51-58,60-62,64-68H,3-9,11,13-15,17,19-38,40,42-45H2,1-2H3,(H,59,63)/b12-10-,18-16-,41-39+. The predicted molar refractivity (Wildman–Crippen MR) is 286 cm³/mol. The Balaban J connectivity index is 1.76. The molecule has 0 radical (unpaired) electrons. The number of hydrogen-bond acceptors (Lipinski definition) is 13. The van der Waals surface area contributed by atoms with Crippen molar-refractivity contribution in [2.24, 2.45) is 0 Å². The van der Waals surface area contributed by atoms with Crippen LogP contribution in [0.3, 0.4) is 0 Å². The first-order valence-electron chi connectivity index (χ1n) is 29.2. The molecule has 2 rings (SSSR count). The van der Waals surface area contributed by atoms with E-state index in [1.165, 1.54) is 141 Å². The van der Waals surface area contributed by atoms with Crippen LogP contribution in [-0.4, -0.2) is 140 Å². The smallest absolute Gasteiger partial charge is 0.220 e. The van der Waals surface area contributed by atoms with Gasteiger partial charge in [-0.25, -0.2) is 0 Å². The summed E-state index contributed by atoms with van der Waals surface area (Å²) in [6.45, 7) is 2.75. The maximum atomic E-state index is 13.2. The lowest BCUT2D eigenvalue weighted by Gasteiger charge is -2.46. The first-order valence-corrected chi connectivity index (χ1v) is 29.2. The fourth-order valence-corrected chi connectivity index (χ4v) is 9.54. The van der Waals surface area contributed by atoms with Crippen molar-refractivity contribution in [3.63, 3.8) is 0 Å². The maximum Gasteiger partial charge on any atom is 0.220 e. The van der Waals surface area contributed by atoms with E-state index < -0.39 is 86.8 Å². The number of hydrogen-bond donors (Lipinski definition) is 9. The molecule has 0 spiro atoms. The topological polar surface area (TPSA) is 228 Å². The number of aliphatic hydroxyl groups excluding tert-OH is 8. The summed E-state index contributed by atoms with van der Waals surface area (Å²) >= 11 is 0. The van der Waals surface area contributed by atoms with E-state index in [4.69, 9.17) is 18.9 Å². The van der Waals surface area contributed by atoms with Gasteiger partial charge in [0.15, 0.2) is 12.6 Å². The molecule has 12 atom stereocenters. The molecular formula is C58H107NO13. The van der Waals surface area contributed by atoms with Crippen molar-refractivity contribution in [3.8, 4) is 0 Å². The quantitative estimate of drug-likeness (QED) is 0.0205. The van der Waals surface area contributed by atoms with E-state index in [2.05, 4.69) is 43.5 Å². The highest BCUT2D eigenvalue weighted by molar-refractivity contribution is 5.76. The number of rotatable bonds is 46. The minimum absolute atomic E-state index is 0.253. The zero-order chi connectivity index (χ0) is 52.4. The van der Waals surface area contributed by atoms with E-state index >= 15 is 0 Å². The molecule has 2 heterocycles. The Kier molecular flexibility index (Phi) is 40.9. The summed E-state index contributed by atoms with van der Waals surface area (Å²) in [5, 5.41) is 87.0. The Morgan fingerprint density at radius 1 is 0.500 bits per heavy atom. The number of unbranched alkanes of at least 4 members (excludes halogenated alkanes) is 29. The summed E-state index contributed by atoms with van der Waals surface area (Å²) in [5.41, 5.74) is 0. The number of carbonyl (C=O) groups excluding carboxylic acids is 1. The Bertz CT molecular complexity index is 1350. The van der Waals surface area contributed by atoms with Crippen molar-refractivity contribution in [2.45, 2.75) is 306 Å². The Morgan fingerprint density at radius 2 is 0.931 bits per heavy atom. The van der Waals surface area contributed by atoms with Gasteiger partial charge >= 0.3 is 0 Å². The van der Waals surface area contributed by atoms with Crippen LogP contribution < -0.4 is 5.32 Å². The highest BCUT2D eigenvalue weighted by Gasteiger charge is 2.51. The maximum absolute atomic E-state index is 13.2. The molecule has 0 bridgehead atoms. The van der Waals surface area contributed by atoms with E-state index in [1.807, 2.05) is 6.08 Å². The first-order chi connectivity index (χ1) is 35.1. The molecule has 12 unspecified atom stereocenters. The molecule has 422 valence electrons. The second kappa shape index (κ2) is 44.3. The molecule has 2 saturated heterocycles. The van der Waals surface area contributed by atoms with Crippen LogP contribution in [0.2, 0.25) is 0 Å². The molecular weight excluding hydrogens is 919 g/mol. The number of ether oxygens (including phenoxy) is 4. The Morgan fingerprint density at radius 3 is 1.43 bits per heavy atom. The monoisotopic (exact) mass is 1030 g/mol. The molecule has 14 heteroatoms. The number of aliphatic hydroxyl groups is 8. The zero-order valence-corrected chi connectivity index (χ0v) is 45.2. The summed E-state index contributed by atoms with van der Waals surface area (Å²) in [6, 6.07) is -0.921. The van der Waals surface area contributed by atoms with Gasteiger partial charge in [0.1, 0.15) is 48.8 Å². The molecule has 9 N–H and O–H groups in total. The van der Waals surface area contributed by atoms with Crippen LogP contribution in [0.1, 0.15) is 232 Å². The van der Waals surface area contributed by atoms with E-state index in [0.29, 0.717) is 6.42 Å². The van der Waals surface area contributed by atoms with Gasteiger partial charge in [-0.05, 0) is 44.9 Å². The molecule has 2 aliphatic heterocycles. The molecule has 1 amide bonds. The average Bonchev–Trinajstić information content (AvgIpc) is 3.38. The SMILES string of the molecule is CCCC/C=C\C/C=C\CCCCCCCC(=O)NC(COC1OC(CO)C(OC2OC(CO)C(O)C(O)C2O)C(O)C1O)C(O)/C=C/CCCCCCCCCCCCCCCCCCCCCCCC. The molecule has 0 aliphatic carbocycles. The van der Waals surface area contributed by atoms with Crippen molar-refractivity contribution >= 4 is 5.91 Å². The predicted octanol–water partition coefficient (Wildman–Crippen LogP) is 9.44. The summed E-state index contributed by atoms with van der Waals surface area (Å²) in [7, 11) is 0. The number of nitrogens with one attached hydrogen (secondary N) is 1. The fraction of sp³-hybridized carbons (Fsp3) is 0.879. The van der Waals surface area contributed by atoms with Crippen LogP contribution in [0.4, 0.5) is 0 Å². The third-order valence-electron chi connectivity index (χ3n) is 14.3. The summed E-state index contributed by atoms with van der Waals surface area (Å²) < 4.78 is 22.7. The summed E-state index contributed by atoms with van der Waals surface area (Å²) in [6.07, 6.45) is 36.2. The van der Waals surface area contributed by atoms with Crippen molar-refractivity contribution in [3.05, 3.63) is 36.5 Å². The molecule has 2 aliphatic rings. The molecule has 0 aromatic heterocycles. The van der Waals surface area contributed by atoms with Gasteiger partial charge in [-0.15, -0.1) is 0 Å². The molecule has 14 nitrogen and oxygen atoms in total. The van der Waals surface area contributed by atoms with E-state index in [1.54, 1.807) is 6.08 Å². The molecule has 2 fully saturated rings. The van der Waals surface area contributed by atoms with Gasteiger partial charge in [-0.3, -0.25) is 4.79 Å². The van der Waals surface area contributed by atoms with Crippen LogP contribution in [0.5, 0.6) is 0 Å². The van der Waals surface area contributed by atoms with Gasteiger partial charge in [-0.1, -0.05) is 217 Å². The van der Waals surface area contributed by atoms with E-state index in [0.717, 1.165) is 64.2 Å². The van der Waals surface area contributed by atoms with Gasteiger partial charge in [0, 0.05) is 6.42 Å². The number of amides is 1. The van der Waals surface area contributed by atoms with Gasteiger partial charge < -0.3 is 65.1 Å². The van der Waals surface area contributed by atoms with E-state index in [-0.39, 0.29) is 18.9 Å². The van der Waals surface area contributed by atoms with Crippen molar-refractivity contribution < 1.29 is 64.6 Å². The van der Waals surface area contributed by atoms with Crippen molar-refractivity contribution in [2.75, 3.05) is 19.8 Å². The first kappa shape index (κ1) is 66.3. The van der Waals surface area contributed by atoms with Crippen LogP contribution in [0, 0.1) is 0 Å². The second-order valence-corrected chi connectivity index (χ2v) is 20.8. The van der Waals surface area contributed by atoms with Crippen molar-refractivity contribution in [1.29, 1.82) is 0 Å². The second-order valence-electron chi connectivity index (χ2n) is 20.8. The lowest BCUT2D eigenvalue weighted by atomic mass is 9.97. The third-order valence-corrected chi connectivity index (χ3v) is 14.3. The largest absolute Gasteiger partial charge is 0.394 e. The molecule has 0 aromatic rings. The summed E-state index contributed by atoms with van der Waals surface area (Å²) in [4.78, 5) is 13.2. The Hall–Kier alpha value is -1.79. The number of carbonyl (C=O) groups is 1. The fourth-order valence-electron chi connectivity index (χ4n) is 9.54. The lowest BCUT2D eigenvalue weighted by Crippen LogP contribution is -2.65. The van der Waals surface area contributed by atoms with Crippen LogP contribution in [-0.2, 0) is 23.7 Å². The van der Waals surface area contributed by atoms with Gasteiger partial charge in [0.05, 0.1) is 32.0 Å². The lowest BCUT2D eigenvalue weighted by molar-refractivity contribution is -0.359. The van der Waals surface area contributed by atoms with Crippen LogP contribution in [0.25, 0.3) is 0 Å². The zero-order valence-electron chi connectivity index (χ0n) is 45.2. The average molecular weight is 1030 g/mol. The van der Waals surface area contributed by atoms with Crippen molar-refractivity contribution in [1.82, 2.24) is 5.32 Å². The van der Waals surface area contributed by atoms with Gasteiger partial charge in [0.2, 0.25) is 5.91 Å². The normalized spacial score (nSPS) is 25.8. The van der Waals surface area contributed by atoms with Crippen LogP contribution in [0.15, 0.2) is 36.5 Å². The highest BCUT2D eigenvalue weighted by Crippen LogP contribution is 2.30. The summed E-state index contributed by atoms with van der Waals surface area (Å²) in [5.74, 6) is -0.253. The Labute approximate surface area is 436 Å². The minimum Gasteiger partial charge on any atom is -0.394 e. The molecule has 0 aromatic carbocycles. The highest BCUT2D eigenvalue weighted by atomic mass is 16.7. The third kappa shape index (κ3) is 30.1. The number of allylic oxidation sites excluding steroid dienone is 5. The molecule has 72 heavy (non-hydrogen) atoms. The van der Waals surface area contributed by atoms with Crippen LogP contribution >= 0.6 is 0 Å².